The van der Waals surface area contributed by atoms with Crippen molar-refractivity contribution in [2.75, 3.05) is 16.6 Å². The van der Waals surface area contributed by atoms with Gasteiger partial charge in [0.25, 0.3) is 5.91 Å². The van der Waals surface area contributed by atoms with E-state index in [2.05, 4.69) is 5.32 Å². The predicted octanol–water partition coefficient (Wildman–Crippen LogP) is 2.71. The quantitative estimate of drug-likeness (QED) is 0.885. The number of carbonyl (C=O) groups is 1. The molecule has 134 valence electrons. The second-order valence-electron chi connectivity index (χ2n) is 6.18. The second-order valence-corrected chi connectivity index (χ2v) is 8.63. The molecule has 8 heteroatoms. The van der Waals surface area contributed by atoms with Crippen LogP contribution in [0.4, 0.5) is 5.69 Å². The van der Waals surface area contributed by atoms with Gasteiger partial charge >= 0.3 is 0 Å². The fourth-order valence-electron chi connectivity index (χ4n) is 2.96. The Hall–Kier alpha value is -1.99. The van der Waals surface area contributed by atoms with Gasteiger partial charge in [-0.2, -0.15) is 0 Å². The van der Waals surface area contributed by atoms with Crippen molar-refractivity contribution in [2.24, 2.45) is 7.05 Å². The number of nitrogens with one attached hydrogen (secondary N) is 1. The van der Waals surface area contributed by atoms with Crippen molar-refractivity contribution in [2.45, 2.75) is 19.4 Å². The molecular weight excluding hydrogens is 362 g/mol. The van der Waals surface area contributed by atoms with Crippen LogP contribution >= 0.6 is 11.6 Å². The van der Waals surface area contributed by atoms with E-state index in [1.807, 2.05) is 19.1 Å². The minimum absolute atomic E-state index is 0.195. The van der Waals surface area contributed by atoms with E-state index in [1.54, 1.807) is 36.0 Å². The van der Waals surface area contributed by atoms with Gasteiger partial charge in [-0.25, -0.2) is 8.42 Å². The maximum atomic E-state index is 12.3. The summed E-state index contributed by atoms with van der Waals surface area (Å²) in [6, 6.07) is 8.63. The summed E-state index contributed by atoms with van der Waals surface area (Å²) < 4.78 is 27.1. The Kier molecular flexibility index (Phi) is 4.79. The first-order valence-electron chi connectivity index (χ1n) is 8.01. The zero-order valence-electron chi connectivity index (χ0n) is 14.1. The van der Waals surface area contributed by atoms with Crippen LogP contribution in [-0.4, -0.2) is 31.2 Å². The molecule has 1 atom stereocenters. The Bertz CT molecular complexity index is 890. The van der Waals surface area contributed by atoms with E-state index in [0.29, 0.717) is 29.4 Å². The van der Waals surface area contributed by atoms with Gasteiger partial charge in [0.1, 0.15) is 5.69 Å². The lowest BCUT2D eigenvalue weighted by atomic mass is 10.1. The lowest BCUT2D eigenvalue weighted by Gasteiger charge is -2.19. The predicted molar refractivity (Wildman–Crippen MR) is 98.5 cm³/mol. The Morgan fingerprint density at radius 3 is 2.48 bits per heavy atom. The summed E-state index contributed by atoms with van der Waals surface area (Å²) in [6.07, 6.45) is 2.32. The normalized spacial score (nSPS) is 17.5. The number of nitrogens with zero attached hydrogens (tertiary/aromatic N) is 2. The number of hydrogen-bond donors (Lipinski definition) is 1. The van der Waals surface area contributed by atoms with Crippen molar-refractivity contribution < 1.29 is 13.2 Å². The van der Waals surface area contributed by atoms with Crippen LogP contribution in [0.3, 0.4) is 0 Å². The molecule has 0 radical (unpaired) electrons. The molecule has 2 heterocycles. The highest BCUT2D eigenvalue weighted by molar-refractivity contribution is 7.93. The maximum absolute atomic E-state index is 12.3. The first-order valence-corrected chi connectivity index (χ1v) is 10.00. The lowest BCUT2D eigenvalue weighted by molar-refractivity contribution is 0.0931. The summed E-state index contributed by atoms with van der Waals surface area (Å²) in [6.45, 7) is 2.40. The summed E-state index contributed by atoms with van der Waals surface area (Å²) in [5.74, 6) is -0.0198. The van der Waals surface area contributed by atoms with Crippen LogP contribution in [-0.2, 0) is 17.1 Å². The second kappa shape index (κ2) is 6.72. The Morgan fingerprint density at radius 2 is 1.96 bits per heavy atom. The summed E-state index contributed by atoms with van der Waals surface area (Å²) in [5, 5.41) is 3.43. The average Bonchev–Trinajstić information content (AvgIpc) is 3.08. The fraction of sp³-hybridized carbons (Fsp3) is 0.353. The highest BCUT2D eigenvalue weighted by atomic mass is 35.5. The van der Waals surface area contributed by atoms with Crippen LogP contribution in [0, 0.1) is 0 Å². The van der Waals surface area contributed by atoms with E-state index in [4.69, 9.17) is 11.6 Å². The van der Waals surface area contributed by atoms with Gasteiger partial charge in [0, 0.05) is 19.8 Å². The monoisotopic (exact) mass is 381 g/mol. The van der Waals surface area contributed by atoms with Gasteiger partial charge in [0.2, 0.25) is 10.0 Å². The number of carbonyl (C=O) groups excluding carboxylic acids is 1. The third-order valence-corrected chi connectivity index (χ3v) is 6.41. The SMILES string of the molecule is CC(NC(=O)c1cc(Cl)cn1C)c1ccc(N2CCCS2(=O)=O)cc1. The zero-order valence-corrected chi connectivity index (χ0v) is 15.6. The van der Waals surface area contributed by atoms with Crippen molar-refractivity contribution in [3.63, 3.8) is 0 Å². The number of sulfonamides is 1. The molecule has 1 N–H and O–H groups in total. The molecule has 1 aliphatic heterocycles. The molecule has 6 nitrogen and oxygen atoms in total. The van der Waals surface area contributed by atoms with Gasteiger partial charge in [-0.3, -0.25) is 9.10 Å². The van der Waals surface area contributed by atoms with Crippen molar-refractivity contribution in [1.82, 2.24) is 9.88 Å². The van der Waals surface area contributed by atoms with Crippen LogP contribution in [0.2, 0.25) is 5.02 Å². The molecule has 2 aromatic rings. The Labute approximate surface area is 152 Å². The number of aryl methyl sites for hydroxylation is 1. The molecule has 0 bridgehead atoms. The van der Waals surface area contributed by atoms with E-state index in [9.17, 15) is 13.2 Å². The highest BCUT2D eigenvalue weighted by Gasteiger charge is 2.28. The molecule has 0 saturated carbocycles. The number of anilines is 1. The number of amides is 1. The van der Waals surface area contributed by atoms with Crippen molar-refractivity contribution in [3.05, 3.63) is 52.8 Å². The minimum atomic E-state index is -3.18. The molecule has 25 heavy (non-hydrogen) atoms. The Morgan fingerprint density at radius 1 is 1.28 bits per heavy atom. The summed E-state index contributed by atoms with van der Waals surface area (Å²) >= 11 is 5.91. The third-order valence-electron chi connectivity index (χ3n) is 4.33. The number of rotatable bonds is 4. The molecule has 1 aromatic heterocycles. The molecule has 1 aromatic carbocycles. The van der Waals surface area contributed by atoms with E-state index < -0.39 is 10.0 Å². The standard InChI is InChI=1S/C17H20ClN3O3S/c1-12(19-17(22)16-10-14(18)11-20(16)2)13-4-6-15(7-5-13)21-8-3-9-25(21,23)24/h4-7,10-12H,3,8-9H2,1-2H3,(H,19,22). The fourth-order valence-corrected chi connectivity index (χ4v) is 4.78. The van der Waals surface area contributed by atoms with Gasteiger partial charge in [-0.05, 0) is 37.1 Å². The molecule has 1 unspecified atom stereocenters. The van der Waals surface area contributed by atoms with Gasteiger partial charge < -0.3 is 9.88 Å². The van der Waals surface area contributed by atoms with Gasteiger partial charge in [0.15, 0.2) is 0 Å². The van der Waals surface area contributed by atoms with E-state index >= 15 is 0 Å². The van der Waals surface area contributed by atoms with Crippen molar-refractivity contribution in [3.8, 4) is 0 Å². The summed E-state index contributed by atoms with van der Waals surface area (Å²) in [4.78, 5) is 12.3. The van der Waals surface area contributed by atoms with E-state index in [0.717, 1.165) is 5.56 Å². The largest absolute Gasteiger partial charge is 0.345 e. The first-order chi connectivity index (χ1) is 11.8. The summed E-state index contributed by atoms with van der Waals surface area (Å²) in [7, 11) is -1.42. The van der Waals surface area contributed by atoms with Crippen LogP contribution in [0.1, 0.15) is 35.4 Å². The topological polar surface area (TPSA) is 71.4 Å². The maximum Gasteiger partial charge on any atom is 0.268 e. The number of benzene rings is 1. The number of halogens is 1. The molecule has 3 rings (SSSR count). The van der Waals surface area contributed by atoms with E-state index in [-0.39, 0.29) is 17.7 Å². The van der Waals surface area contributed by atoms with Crippen LogP contribution in [0.25, 0.3) is 0 Å². The number of hydrogen-bond acceptors (Lipinski definition) is 3. The van der Waals surface area contributed by atoms with Gasteiger partial charge in [0.05, 0.1) is 22.5 Å². The van der Waals surface area contributed by atoms with Crippen molar-refractivity contribution in [1.29, 1.82) is 0 Å². The lowest BCUT2D eigenvalue weighted by Crippen LogP contribution is -2.28. The number of aromatic nitrogens is 1. The highest BCUT2D eigenvalue weighted by Crippen LogP contribution is 2.25. The van der Waals surface area contributed by atoms with Crippen LogP contribution < -0.4 is 9.62 Å². The van der Waals surface area contributed by atoms with Gasteiger partial charge in [-0.15, -0.1) is 0 Å². The van der Waals surface area contributed by atoms with Crippen LogP contribution in [0.15, 0.2) is 36.5 Å². The average molecular weight is 382 g/mol. The minimum Gasteiger partial charge on any atom is -0.345 e. The smallest absolute Gasteiger partial charge is 0.268 e. The molecule has 0 aliphatic carbocycles. The first kappa shape index (κ1) is 17.8. The van der Waals surface area contributed by atoms with E-state index in [1.165, 1.54) is 4.31 Å². The molecular formula is C17H20ClN3O3S. The molecule has 1 amide bonds. The van der Waals surface area contributed by atoms with Gasteiger partial charge in [-0.1, -0.05) is 23.7 Å². The molecule has 1 aliphatic rings. The van der Waals surface area contributed by atoms with Crippen molar-refractivity contribution >= 4 is 33.2 Å². The summed E-state index contributed by atoms with van der Waals surface area (Å²) in [5.41, 5.74) is 2.04. The Balaban J connectivity index is 1.72. The molecule has 1 saturated heterocycles. The van der Waals surface area contributed by atoms with Crippen LogP contribution in [0.5, 0.6) is 0 Å². The molecule has 1 fully saturated rings. The zero-order chi connectivity index (χ0) is 18.2. The molecule has 0 spiro atoms. The third kappa shape index (κ3) is 3.67.